The maximum Gasteiger partial charge on any atom is 0.454 e. The Bertz CT molecular complexity index is 341. The fourth-order valence-electron chi connectivity index (χ4n) is 0.987. The molecule has 0 aromatic carbocycles. The molecule has 0 spiro atoms. The molecule has 0 fully saturated rings. The van der Waals surface area contributed by atoms with Crippen molar-refractivity contribution >= 4 is 0 Å². The molecule has 0 atom stereocenters. The van der Waals surface area contributed by atoms with E-state index in [1.165, 1.54) is 0 Å². The van der Waals surface area contributed by atoms with Crippen LogP contribution in [0.25, 0.3) is 0 Å². The third-order valence-corrected chi connectivity index (χ3v) is 1.72. The summed E-state index contributed by atoms with van der Waals surface area (Å²) in [5.41, 5.74) is 0.353. The Morgan fingerprint density at radius 1 is 1.58 bits per heavy atom. The number of aryl methyl sites for hydroxylation is 1. The number of rotatable bonds is 1. The van der Waals surface area contributed by atoms with Gasteiger partial charge >= 0.3 is 11.6 Å². The summed E-state index contributed by atoms with van der Waals surface area (Å²) in [6.45, 7) is 5.56. The minimum atomic E-state index is -0.246. The number of hydrogen-bond donors (Lipinski definition) is 2. The first-order chi connectivity index (χ1) is 5.52. The second kappa shape index (κ2) is 2.97. The molecule has 0 radical (unpaired) electrons. The topological polar surface area (TPSA) is 57.0 Å². The van der Waals surface area contributed by atoms with Crippen molar-refractivity contribution < 1.29 is 9.67 Å². The van der Waals surface area contributed by atoms with Crippen LogP contribution in [0.2, 0.25) is 0 Å². The van der Waals surface area contributed by atoms with Gasteiger partial charge in [0.2, 0.25) is 0 Å². The lowest BCUT2D eigenvalue weighted by molar-refractivity contribution is -0.724. The van der Waals surface area contributed by atoms with Crippen LogP contribution < -0.4 is 10.1 Å². The van der Waals surface area contributed by atoms with Gasteiger partial charge in [0.15, 0.2) is 0 Å². The molecule has 0 bridgehead atoms. The van der Waals surface area contributed by atoms with E-state index in [-0.39, 0.29) is 17.6 Å². The van der Waals surface area contributed by atoms with E-state index in [2.05, 4.69) is 4.98 Å². The molecule has 0 amide bonds. The zero-order valence-electron chi connectivity index (χ0n) is 7.46. The molecule has 4 nitrogen and oxygen atoms in total. The first-order valence-electron chi connectivity index (χ1n) is 3.86. The van der Waals surface area contributed by atoms with Crippen LogP contribution in [-0.4, -0.2) is 10.1 Å². The zero-order chi connectivity index (χ0) is 9.30. The summed E-state index contributed by atoms with van der Waals surface area (Å²) >= 11 is 0. The minimum absolute atomic E-state index is 0.0967. The van der Waals surface area contributed by atoms with Crippen molar-refractivity contribution in [3.05, 3.63) is 22.1 Å². The molecule has 0 aliphatic heterocycles. The standard InChI is InChI=1S/C8H12N2O2/c1-5(2)10-4-6(3)7(11)9-8(10)12/h4-5H,1-3H3,(H,9,11,12)/p+1. The van der Waals surface area contributed by atoms with Crippen molar-refractivity contribution in [1.29, 1.82) is 0 Å². The van der Waals surface area contributed by atoms with Gasteiger partial charge in [0, 0.05) is 0 Å². The van der Waals surface area contributed by atoms with E-state index in [0.29, 0.717) is 5.56 Å². The van der Waals surface area contributed by atoms with Crippen LogP contribution in [0.1, 0.15) is 25.5 Å². The van der Waals surface area contributed by atoms with Crippen molar-refractivity contribution in [2.45, 2.75) is 26.8 Å². The number of H-pyrrole nitrogens is 1. The zero-order valence-corrected chi connectivity index (χ0v) is 7.46. The highest BCUT2D eigenvalue weighted by Gasteiger charge is 2.13. The maximum atomic E-state index is 11.0. The van der Waals surface area contributed by atoms with Crippen LogP contribution in [-0.2, 0) is 0 Å². The Kier molecular flexibility index (Phi) is 2.17. The van der Waals surface area contributed by atoms with E-state index in [1.54, 1.807) is 17.7 Å². The Labute approximate surface area is 70.5 Å². The van der Waals surface area contributed by atoms with Crippen LogP contribution in [0, 0.1) is 6.92 Å². The highest BCUT2D eigenvalue weighted by Crippen LogP contribution is 1.98. The number of nitrogens with one attached hydrogen (secondary N) is 1. The van der Waals surface area contributed by atoms with E-state index in [0.717, 1.165) is 0 Å². The number of aromatic amines is 1. The van der Waals surface area contributed by atoms with Gasteiger partial charge in [0.05, 0.1) is 11.6 Å². The minimum Gasteiger partial charge on any atom is -0.446 e. The summed E-state index contributed by atoms with van der Waals surface area (Å²) < 4.78 is 1.61. The van der Waals surface area contributed by atoms with Crippen molar-refractivity contribution in [3.8, 4) is 6.01 Å². The van der Waals surface area contributed by atoms with E-state index in [4.69, 9.17) is 0 Å². The summed E-state index contributed by atoms with van der Waals surface area (Å²) in [4.78, 5) is 13.3. The molecular weight excluding hydrogens is 156 g/mol. The van der Waals surface area contributed by atoms with Gasteiger partial charge in [0.25, 0.3) is 0 Å². The quantitative estimate of drug-likeness (QED) is 0.592. The van der Waals surface area contributed by atoms with Crippen LogP contribution >= 0.6 is 0 Å². The summed E-state index contributed by atoms with van der Waals surface area (Å²) in [7, 11) is 0. The molecule has 1 rings (SSSR count). The van der Waals surface area contributed by atoms with Crippen LogP contribution in [0.5, 0.6) is 6.01 Å². The fourth-order valence-corrected chi connectivity index (χ4v) is 0.987. The lowest BCUT2D eigenvalue weighted by Crippen LogP contribution is -2.39. The van der Waals surface area contributed by atoms with Crippen molar-refractivity contribution in [3.63, 3.8) is 0 Å². The SMILES string of the molecule is Cc1c[n+](C(C)C)c(O)[nH]c1=O. The maximum absolute atomic E-state index is 11.0. The second-order valence-electron chi connectivity index (χ2n) is 3.09. The van der Waals surface area contributed by atoms with Gasteiger partial charge in [-0.2, -0.15) is 9.55 Å². The smallest absolute Gasteiger partial charge is 0.446 e. The lowest BCUT2D eigenvalue weighted by atomic mass is 10.3. The van der Waals surface area contributed by atoms with E-state index in [1.807, 2.05) is 13.8 Å². The molecule has 0 unspecified atom stereocenters. The van der Waals surface area contributed by atoms with E-state index < -0.39 is 0 Å². The largest absolute Gasteiger partial charge is 0.454 e. The molecule has 12 heavy (non-hydrogen) atoms. The second-order valence-corrected chi connectivity index (χ2v) is 3.09. The molecule has 0 saturated heterocycles. The van der Waals surface area contributed by atoms with Gasteiger partial charge in [0.1, 0.15) is 6.20 Å². The van der Waals surface area contributed by atoms with Gasteiger partial charge in [-0.3, -0.25) is 0 Å². The average Bonchev–Trinajstić information content (AvgIpc) is 1.96. The van der Waals surface area contributed by atoms with Crippen LogP contribution in [0.15, 0.2) is 11.0 Å². The summed E-state index contributed by atoms with van der Waals surface area (Å²) in [5.74, 6) is 0. The number of hydrogen-bond acceptors (Lipinski definition) is 2. The van der Waals surface area contributed by atoms with Crippen LogP contribution in [0.4, 0.5) is 0 Å². The van der Waals surface area contributed by atoms with Gasteiger partial charge in [-0.05, 0) is 20.8 Å². The normalized spacial score (nSPS) is 10.7. The predicted molar refractivity (Wildman–Crippen MR) is 44.0 cm³/mol. The molecule has 0 saturated carbocycles. The summed E-state index contributed by atoms with van der Waals surface area (Å²) in [5, 5.41) is 9.29. The Balaban J connectivity index is 3.33. The van der Waals surface area contributed by atoms with Gasteiger partial charge in [-0.25, -0.2) is 4.79 Å². The molecule has 2 N–H and O–H groups in total. The third kappa shape index (κ3) is 1.47. The Hall–Kier alpha value is -1.32. The average molecular weight is 169 g/mol. The molecular formula is C8H13N2O2+. The number of aromatic hydroxyl groups is 1. The highest BCUT2D eigenvalue weighted by molar-refractivity contribution is 4.99. The highest BCUT2D eigenvalue weighted by atomic mass is 16.3. The number of nitrogens with zero attached hydrogens (tertiary/aromatic N) is 1. The monoisotopic (exact) mass is 169 g/mol. The molecule has 66 valence electrons. The molecule has 0 aliphatic rings. The van der Waals surface area contributed by atoms with E-state index in [9.17, 15) is 9.90 Å². The van der Waals surface area contributed by atoms with Crippen molar-refractivity contribution in [2.75, 3.05) is 0 Å². The third-order valence-electron chi connectivity index (χ3n) is 1.72. The first-order valence-corrected chi connectivity index (χ1v) is 3.86. The molecule has 1 aromatic rings. The lowest BCUT2D eigenvalue weighted by Gasteiger charge is -2.03. The van der Waals surface area contributed by atoms with Gasteiger partial charge in [-0.15, -0.1) is 0 Å². The molecule has 1 heterocycles. The van der Waals surface area contributed by atoms with Crippen molar-refractivity contribution in [1.82, 2.24) is 4.98 Å². The van der Waals surface area contributed by atoms with Gasteiger partial charge in [-0.1, -0.05) is 0 Å². The van der Waals surface area contributed by atoms with Crippen molar-refractivity contribution in [2.24, 2.45) is 0 Å². The Morgan fingerprint density at radius 3 is 2.67 bits per heavy atom. The van der Waals surface area contributed by atoms with E-state index >= 15 is 0 Å². The molecule has 1 aromatic heterocycles. The summed E-state index contributed by atoms with van der Waals surface area (Å²) in [6, 6.07) is 0.0427. The molecule has 0 aliphatic carbocycles. The van der Waals surface area contributed by atoms with Crippen LogP contribution in [0.3, 0.4) is 0 Å². The Morgan fingerprint density at radius 2 is 2.17 bits per heavy atom. The summed E-state index contributed by atoms with van der Waals surface area (Å²) in [6.07, 6.45) is 1.64. The predicted octanol–water partition coefficient (Wildman–Crippen LogP) is 0.257. The fraction of sp³-hybridized carbons (Fsp3) is 0.500. The van der Waals surface area contributed by atoms with Gasteiger partial charge < -0.3 is 5.11 Å². The first kappa shape index (κ1) is 8.77. The number of aromatic nitrogens is 2. The molecule has 4 heteroatoms.